The highest BCUT2D eigenvalue weighted by Gasteiger charge is 2.23. The Labute approximate surface area is 55.1 Å². The van der Waals surface area contributed by atoms with E-state index in [1.54, 1.807) is 0 Å². The Hall–Kier alpha value is -0.0900. The molecule has 1 saturated carbocycles. The van der Waals surface area contributed by atoms with Crippen molar-refractivity contribution in [3.63, 3.8) is 0 Å². The molecule has 1 aliphatic rings. The first-order valence-electron chi connectivity index (χ1n) is 2.76. The van der Waals surface area contributed by atoms with Crippen molar-refractivity contribution in [1.29, 1.82) is 0 Å². The molecule has 0 aromatic rings. The fourth-order valence-electron chi connectivity index (χ4n) is 0.423. The molecule has 0 aromatic carbocycles. The first-order chi connectivity index (χ1) is 4.08. The Bertz CT molecular complexity index is 178. The quantitative estimate of drug-likeness (QED) is 0.543. The minimum absolute atomic E-state index is 0.304. The van der Waals surface area contributed by atoms with Crippen LogP contribution in [0.1, 0.15) is 12.8 Å². The lowest BCUT2D eigenvalue weighted by molar-refractivity contribution is 0.345. The zero-order valence-electron chi connectivity index (χ0n) is 5.25. The summed E-state index contributed by atoms with van der Waals surface area (Å²) in [5.74, 6) is 1.19. The van der Waals surface area contributed by atoms with Crippen LogP contribution >= 0.6 is 0 Å². The van der Waals surface area contributed by atoms with Gasteiger partial charge >= 0.3 is 0 Å². The van der Waals surface area contributed by atoms with Crippen LogP contribution in [0.3, 0.4) is 0 Å². The molecule has 0 spiro atoms. The summed E-state index contributed by atoms with van der Waals surface area (Å²) >= 11 is 0. The molecule has 0 atom stereocenters. The summed E-state index contributed by atoms with van der Waals surface area (Å²) in [4.78, 5) is 0. The van der Waals surface area contributed by atoms with E-state index in [0.717, 1.165) is 19.1 Å². The molecule has 0 bridgehead atoms. The van der Waals surface area contributed by atoms with Crippen LogP contribution in [0.5, 0.6) is 0 Å². The minimum Gasteiger partial charge on any atom is -0.270 e. The Morgan fingerprint density at radius 3 is 2.44 bits per heavy atom. The Morgan fingerprint density at radius 1 is 1.56 bits per heavy atom. The summed E-state index contributed by atoms with van der Waals surface area (Å²) in [6.45, 7) is 0.304. The summed E-state index contributed by atoms with van der Waals surface area (Å²) in [5.41, 5.74) is 0. The van der Waals surface area contributed by atoms with E-state index in [2.05, 4.69) is 4.18 Å². The van der Waals surface area contributed by atoms with Crippen molar-refractivity contribution >= 4 is 10.1 Å². The number of rotatable bonds is 3. The molecule has 0 amide bonds. The molecular weight excluding hydrogens is 140 g/mol. The largest absolute Gasteiger partial charge is 0.270 e. The molecule has 1 aliphatic carbocycles. The molecular formula is C5H9O3S. The van der Waals surface area contributed by atoms with Gasteiger partial charge < -0.3 is 0 Å². The van der Waals surface area contributed by atoms with Crippen molar-refractivity contribution in [3.05, 3.63) is 5.92 Å². The first-order valence-corrected chi connectivity index (χ1v) is 4.57. The summed E-state index contributed by atoms with van der Waals surface area (Å²) in [5, 5.41) is 0. The van der Waals surface area contributed by atoms with Gasteiger partial charge in [-0.3, -0.25) is 4.18 Å². The van der Waals surface area contributed by atoms with Crippen LogP contribution in [-0.4, -0.2) is 21.3 Å². The minimum atomic E-state index is -3.20. The van der Waals surface area contributed by atoms with Gasteiger partial charge in [-0.1, -0.05) is 0 Å². The van der Waals surface area contributed by atoms with Crippen molar-refractivity contribution in [2.75, 3.05) is 12.9 Å². The maximum absolute atomic E-state index is 10.3. The van der Waals surface area contributed by atoms with Crippen LogP contribution in [0.4, 0.5) is 0 Å². The smallest absolute Gasteiger partial charge is 0.264 e. The highest BCUT2D eigenvalue weighted by atomic mass is 32.2. The Morgan fingerprint density at radius 2 is 2.11 bits per heavy atom. The average molecular weight is 149 g/mol. The van der Waals surface area contributed by atoms with E-state index in [0.29, 0.717) is 6.61 Å². The van der Waals surface area contributed by atoms with Crippen LogP contribution < -0.4 is 0 Å². The van der Waals surface area contributed by atoms with Crippen molar-refractivity contribution in [3.8, 4) is 0 Å². The van der Waals surface area contributed by atoms with Gasteiger partial charge in [-0.2, -0.15) is 8.42 Å². The van der Waals surface area contributed by atoms with Gasteiger partial charge in [0.1, 0.15) is 0 Å². The first kappa shape index (κ1) is 7.02. The highest BCUT2D eigenvalue weighted by molar-refractivity contribution is 7.85. The SMILES string of the molecule is CS(=O)(=O)OC[C]1CC1. The van der Waals surface area contributed by atoms with Crippen LogP contribution in [0.25, 0.3) is 0 Å². The topological polar surface area (TPSA) is 43.4 Å². The fraction of sp³-hybridized carbons (Fsp3) is 0.800. The van der Waals surface area contributed by atoms with E-state index in [1.807, 2.05) is 0 Å². The Kier molecular flexibility index (Phi) is 1.77. The lowest BCUT2D eigenvalue weighted by atomic mass is 10.5. The monoisotopic (exact) mass is 149 g/mol. The summed E-state index contributed by atoms with van der Waals surface area (Å²) in [6, 6.07) is 0. The number of hydrogen-bond donors (Lipinski definition) is 0. The predicted molar refractivity (Wildman–Crippen MR) is 33.3 cm³/mol. The van der Waals surface area contributed by atoms with Gasteiger partial charge in [0.2, 0.25) is 0 Å². The lowest BCUT2D eigenvalue weighted by Crippen LogP contribution is -2.04. The second-order valence-corrected chi connectivity index (χ2v) is 3.86. The van der Waals surface area contributed by atoms with Gasteiger partial charge in [0.25, 0.3) is 10.1 Å². The maximum Gasteiger partial charge on any atom is 0.264 e. The van der Waals surface area contributed by atoms with E-state index in [-0.39, 0.29) is 0 Å². The number of hydrogen-bond acceptors (Lipinski definition) is 3. The summed E-state index contributed by atoms with van der Waals surface area (Å²) in [6.07, 6.45) is 3.14. The van der Waals surface area contributed by atoms with Gasteiger partial charge in [0.05, 0.1) is 12.9 Å². The van der Waals surface area contributed by atoms with Crippen molar-refractivity contribution < 1.29 is 12.6 Å². The third-order valence-corrected chi connectivity index (χ3v) is 1.63. The fourth-order valence-corrected chi connectivity index (χ4v) is 0.804. The van der Waals surface area contributed by atoms with Gasteiger partial charge in [-0.25, -0.2) is 0 Å². The van der Waals surface area contributed by atoms with Crippen LogP contribution in [0.15, 0.2) is 0 Å². The molecule has 3 nitrogen and oxygen atoms in total. The van der Waals surface area contributed by atoms with E-state index >= 15 is 0 Å². The third kappa shape index (κ3) is 3.48. The van der Waals surface area contributed by atoms with Gasteiger partial charge in [0, 0.05) is 5.92 Å². The molecule has 0 unspecified atom stereocenters. The lowest BCUT2D eigenvalue weighted by Gasteiger charge is -1.95. The molecule has 0 saturated heterocycles. The molecule has 9 heavy (non-hydrogen) atoms. The predicted octanol–water partition coefficient (Wildman–Crippen LogP) is 0.331. The maximum atomic E-state index is 10.3. The van der Waals surface area contributed by atoms with Gasteiger partial charge in [-0.15, -0.1) is 0 Å². The molecule has 1 radical (unpaired) electrons. The molecule has 4 heteroatoms. The zero-order valence-corrected chi connectivity index (χ0v) is 6.07. The van der Waals surface area contributed by atoms with E-state index in [1.165, 1.54) is 5.92 Å². The van der Waals surface area contributed by atoms with Crippen LogP contribution in [0, 0.1) is 5.92 Å². The second-order valence-electron chi connectivity index (χ2n) is 2.22. The van der Waals surface area contributed by atoms with Crippen molar-refractivity contribution in [1.82, 2.24) is 0 Å². The molecule has 53 valence electrons. The summed E-state index contributed by atoms with van der Waals surface area (Å²) in [7, 11) is -3.20. The van der Waals surface area contributed by atoms with E-state index in [9.17, 15) is 8.42 Å². The molecule has 0 aliphatic heterocycles. The average Bonchev–Trinajstić information content (AvgIpc) is 2.38. The van der Waals surface area contributed by atoms with E-state index in [4.69, 9.17) is 0 Å². The van der Waals surface area contributed by atoms with E-state index < -0.39 is 10.1 Å². The van der Waals surface area contributed by atoms with Crippen molar-refractivity contribution in [2.45, 2.75) is 12.8 Å². The zero-order chi connectivity index (χ0) is 6.91. The molecule has 1 fully saturated rings. The molecule has 1 rings (SSSR count). The standard InChI is InChI=1S/C5H9O3S/c1-9(6,7)8-4-5-2-3-5/h2-4H2,1H3. The third-order valence-electron chi connectivity index (χ3n) is 1.08. The van der Waals surface area contributed by atoms with Gasteiger partial charge in [-0.05, 0) is 12.8 Å². The molecule has 0 N–H and O–H groups in total. The normalized spacial score (nSPS) is 20.1. The van der Waals surface area contributed by atoms with Gasteiger partial charge in [0.15, 0.2) is 0 Å². The van der Waals surface area contributed by atoms with Crippen molar-refractivity contribution in [2.24, 2.45) is 0 Å². The van der Waals surface area contributed by atoms with Crippen LogP contribution in [-0.2, 0) is 14.3 Å². The second kappa shape index (κ2) is 2.27. The summed E-state index contributed by atoms with van der Waals surface area (Å²) < 4.78 is 25.1. The van der Waals surface area contributed by atoms with Crippen LogP contribution in [0.2, 0.25) is 0 Å². The molecule has 0 aromatic heterocycles. The highest BCUT2D eigenvalue weighted by Crippen LogP contribution is 2.31. The Balaban J connectivity index is 2.18. The molecule has 0 heterocycles.